The maximum atomic E-state index is 9.83. The van der Waals surface area contributed by atoms with E-state index in [9.17, 15) is 5.11 Å². The monoisotopic (exact) mass is 480 g/mol. The molecule has 0 radical (unpaired) electrons. The summed E-state index contributed by atoms with van der Waals surface area (Å²) in [5.41, 5.74) is 2.09. The van der Waals surface area contributed by atoms with E-state index in [4.69, 9.17) is 9.84 Å². The Morgan fingerprint density at radius 2 is 2.12 bits per heavy atom. The molecule has 168 valence electrons. The molecule has 0 aliphatic heterocycles. The molecule has 0 spiro atoms. The van der Waals surface area contributed by atoms with E-state index in [1.807, 2.05) is 31.2 Å². The van der Waals surface area contributed by atoms with Gasteiger partial charge in [-0.3, -0.25) is 0 Å². The van der Waals surface area contributed by atoms with Crippen LogP contribution >= 0.6 is 22.9 Å². The number of aromatic nitrogens is 5. The molecule has 0 aliphatic rings. The molecule has 0 saturated carbocycles. The molecular weight excluding hydrogens is 459 g/mol. The van der Waals surface area contributed by atoms with Crippen molar-refractivity contribution in [2.24, 2.45) is 4.99 Å². The number of hydrogen-bond acceptors (Lipinski definition) is 10. The molecule has 0 bridgehead atoms. The van der Waals surface area contributed by atoms with Crippen LogP contribution in [0.5, 0.6) is 11.5 Å². The summed E-state index contributed by atoms with van der Waals surface area (Å²) in [5.74, 6) is 1.37. The van der Waals surface area contributed by atoms with Crippen molar-refractivity contribution in [2.75, 3.05) is 6.61 Å². The van der Waals surface area contributed by atoms with Crippen LogP contribution in [0.1, 0.15) is 35.3 Å². The van der Waals surface area contributed by atoms with E-state index < -0.39 is 6.10 Å². The van der Waals surface area contributed by atoms with Crippen molar-refractivity contribution >= 4 is 34.9 Å². The van der Waals surface area contributed by atoms with Crippen molar-refractivity contribution in [2.45, 2.75) is 30.1 Å². The Morgan fingerprint density at radius 3 is 2.88 bits per heavy atom. The molecular formula is C21H21BN6O3S2. The second-order valence-electron chi connectivity index (χ2n) is 7.02. The van der Waals surface area contributed by atoms with Crippen molar-refractivity contribution in [1.29, 1.82) is 0 Å². The van der Waals surface area contributed by atoms with Crippen LogP contribution in [0, 0.1) is 6.92 Å². The predicted molar refractivity (Wildman–Crippen MR) is 127 cm³/mol. The number of nitrogens with one attached hydrogen (secondary N) is 1. The summed E-state index contributed by atoms with van der Waals surface area (Å²) < 4.78 is 6.13. The summed E-state index contributed by atoms with van der Waals surface area (Å²) in [5, 5.41) is 27.0. The third kappa shape index (κ3) is 5.91. The zero-order valence-electron chi connectivity index (χ0n) is 17.9. The minimum absolute atomic E-state index is 0.112. The van der Waals surface area contributed by atoms with Crippen LogP contribution < -0.4 is 9.54 Å². The Hall–Kier alpha value is -2.93. The van der Waals surface area contributed by atoms with E-state index in [1.54, 1.807) is 42.6 Å². The molecule has 0 amide bonds. The van der Waals surface area contributed by atoms with Gasteiger partial charge in [-0.1, -0.05) is 0 Å². The van der Waals surface area contributed by atoms with Crippen molar-refractivity contribution < 1.29 is 14.9 Å². The SMILES string of the molecule is Cc1nnccc1Oc1cc(SC(C)c2ccccn2)cnc1/N=c1/[nH]c(C(O)CO)bs1. The Morgan fingerprint density at radius 1 is 1.24 bits per heavy atom. The number of aliphatic hydroxyl groups is 2. The summed E-state index contributed by atoms with van der Waals surface area (Å²) in [6.07, 6.45) is 5.79. The number of rotatable bonds is 8. The van der Waals surface area contributed by atoms with Gasteiger partial charge in [0.05, 0.1) is 0 Å². The van der Waals surface area contributed by atoms with Crippen molar-refractivity contribution in [3.63, 3.8) is 0 Å². The van der Waals surface area contributed by atoms with Crippen LogP contribution in [0.3, 0.4) is 0 Å². The molecule has 9 nitrogen and oxygen atoms in total. The Balaban J connectivity index is 1.69. The molecule has 33 heavy (non-hydrogen) atoms. The van der Waals surface area contributed by atoms with Gasteiger partial charge in [-0.25, -0.2) is 0 Å². The molecule has 4 aromatic rings. The summed E-state index contributed by atoms with van der Waals surface area (Å²) in [6.45, 7) is 3.51. The van der Waals surface area contributed by atoms with Gasteiger partial charge in [0.25, 0.3) is 0 Å². The fourth-order valence-electron chi connectivity index (χ4n) is 2.85. The third-order valence-electron chi connectivity index (χ3n) is 4.59. The van der Waals surface area contributed by atoms with Gasteiger partial charge in [0, 0.05) is 0 Å². The Kier molecular flexibility index (Phi) is 7.60. The first-order chi connectivity index (χ1) is 16.0. The van der Waals surface area contributed by atoms with Gasteiger partial charge in [0.15, 0.2) is 0 Å². The van der Waals surface area contributed by atoms with Crippen molar-refractivity contribution in [3.05, 3.63) is 70.7 Å². The fraction of sp³-hybridized carbons (Fsp3) is 0.238. The van der Waals surface area contributed by atoms with Gasteiger partial charge in [-0.05, 0) is 6.07 Å². The van der Waals surface area contributed by atoms with Gasteiger partial charge < -0.3 is 0 Å². The number of aryl methyl sites for hydroxylation is 1. The summed E-state index contributed by atoms with van der Waals surface area (Å²) in [4.78, 5) is 17.9. The fourth-order valence-corrected chi connectivity index (χ4v) is 4.58. The molecule has 4 heterocycles. The number of hydrogen-bond donors (Lipinski definition) is 3. The third-order valence-corrected chi connectivity index (χ3v) is 6.47. The molecule has 3 N–H and O–H groups in total. The molecule has 2 unspecified atom stereocenters. The second-order valence-corrected chi connectivity index (χ2v) is 9.29. The first-order valence-corrected chi connectivity index (χ1v) is 11.8. The number of aliphatic hydroxyl groups excluding tert-OH is 2. The number of ether oxygens (including phenoxy) is 1. The molecule has 2 atom stereocenters. The van der Waals surface area contributed by atoms with E-state index >= 15 is 0 Å². The number of nitrogens with zero attached hydrogens (tertiary/aromatic N) is 5. The zero-order chi connectivity index (χ0) is 23.2. The predicted octanol–water partition coefficient (Wildman–Crippen LogP) is 3.21. The minimum atomic E-state index is -0.994. The summed E-state index contributed by atoms with van der Waals surface area (Å²) in [7, 11) is 0. The topological polar surface area (TPSA) is 129 Å². The van der Waals surface area contributed by atoms with Crippen LogP contribution in [0.25, 0.3) is 0 Å². The number of H-pyrrole nitrogens is 1. The van der Waals surface area contributed by atoms with Gasteiger partial charge in [-0.2, -0.15) is 0 Å². The normalized spacial score (nSPS) is 13.5. The van der Waals surface area contributed by atoms with Crippen LogP contribution in [-0.2, 0) is 0 Å². The first-order valence-electron chi connectivity index (χ1n) is 10.1. The van der Waals surface area contributed by atoms with Crippen LogP contribution in [0.2, 0.25) is 0 Å². The quantitative estimate of drug-likeness (QED) is 0.328. The molecule has 0 aliphatic carbocycles. The standard InChI is InChI=1S/C21H21BN6O3S2/c1-12-17(6-8-25-28-12)31-18-9-14(32-13(2)15-5-3-4-7-23-15)10-24-20(18)27-21-26-19(22-33-21)16(30)11-29/h3-10,13,16,29-30H,11H2,1-2H3,(H,24,26,27). The first kappa shape index (κ1) is 23.2. The summed E-state index contributed by atoms with van der Waals surface area (Å²) in [6, 6.07) is 9.46. The van der Waals surface area contributed by atoms with E-state index in [2.05, 4.69) is 37.1 Å². The maximum absolute atomic E-state index is 9.83. The second kappa shape index (κ2) is 10.8. The molecule has 4 aromatic heterocycles. The van der Waals surface area contributed by atoms with Crippen LogP contribution in [0.15, 0.2) is 58.8 Å². The van der Waals surface area contributed by atoms with Gasteiger partial charge in [0.1, 0.15) is 0 Å². The Bertz CT molecular complexity index is 1280. The van der Waals surface area contributed by atoms with Gasteiger partial charge in [-0.15, -0.1) is 0 Å². The van der Waals surface area contributed by atoms with Crippen molar-refractivity contribution in [3.8, 4) is 11.5 Å². The van der Waals surface area contributed by atoms with E-state index in [-0.39, 0.29) is 11.9 Å². The van der Waals surface area contributed by atoms with Gasteiger partial charge in [0.2, 0.25) is 0 Å². The molecule has 0 fully saturated rings. The average molecular weight is 480 g/mol. The molecule has 4 rings (SSSR count). The van der Waals surface area contributed by atoms with E-state index in [0.717, 1.165) is 10.6 Å². The Labute approximate surface area is 198 Å². The molecule has 12 heteroatoms. The summed E-state index contributed by atoms with van der Waals surface area (Å²) >= 11 is 2.90. The van der Waals surface area contributed by atoms with Crippen molar-refractivity contribution in [1.82, 2.24) is 25.1 Å². The van der Waals surface area contributed by atoms with Crippen LogP contribution in [-0.4, -0.2) is 48.1 Å². The van der Waals surface area contributed by atoms with E-state index in [1.165, 1.54) is 11.2 Å². The van der Waals surface area contributed by atoms with E-state index in [0.29, 0.717) is 33.4 Å². The van der Waals surface area contributed by atoms with Crippen LogP contribution in [0.4, 0.5) is 5.82 Å². The average Bonchev–Trinajstić information content (AvgIpc) is 3.31. The van der Waals surface area contributed by atoms with Gasteiger partial charge >= 0.3 is 193 Å². The zero-order valence-corrected chi connectivity index (χ0v) is 19.5. The number of thioether (sulfide) groups is 1. The molecule has 0 aromatic carbocycles. The number of pyridine rings is 2. The number of aromatic amines is 1. The molecule has 0 saturated heterocycles.